The van der Waals surface area contributed by atoms with Crippen LogP contribution in [0.5, 0.6) is 0 Å². The van der Waals surface area contributed by atoms with Crippen LogP contribution in [0.2, 0.25) is 5.02 Å². The number of carbonyl (C=O) groups excluding carboxylic acids is 1. The van der Waals surface area contributed by atoms with Crippen LogP contribution in [-0.4, -0.2) is 30.0 Å². The van der Waals surface area contributed by atoms with Crippen LogP contribution in [0.25, 0.3) is 20.5 Å². The van der Waals surface area contributed by atoms with Crippen LogP contribution in [0.15, 0.2) is 36.5 Å². The number of primary amides is 1. The van der Waals surface area contributed by atoms with Crippen LogP contribution in [0.4, 0.5) is 5.82 Å². The number of benzene rings is 1. The summed E-state index contributed by atoms with van der Waals surface area (Å²) in [6.07, 6.45) is 1.56. The number of halogens is 1. The van der Waals surface area contributed by atoms with Gasteiger partial charge in [-0.2, -0.15) is 0 Å². The molecule has 24 heavy (non-hydrogen) atoms. The van der Waals surface area contributed by atoms with E-state index in [-0.39, 0.29) is 0 Å². The van der Waals surface area contributed by atoms with Gasteiger partial charge in [-0.15, -0.1) is 11.3 Å². The maximum absolute atomic E-state index is 11.7. The number of nitrogens with one attached hydrogen (secondary N) is 2. The van der Waals surface area contributed by atoms with Gasteiger partial charge >= 0.3 is 0 Å². The van der Waals surface area contributed by atoms with Crippen LogP contribution in [0.3, 0.4) is 0 Å². The van der Waals surface area contributed by atoms with Crippen molar-refractivity contribution in [3.63, 3.8) is 0 Å². The van der Waals surface area contributed by atoms with Crippen LogP contribution in [0.1, 0.15) is 10.4 Å². The molecule has 1 aliphatic rings. The molecule has 3 heterocycles. The van der Waals surface area contributed by atoms with Crippen molar-refractivity contribution in [2.45, 2.75) is 6.04 Å². The third kappa shape index (κ3) is 2.73. The number of hydrogen-bond donors (Lipinski definition) is 3. The molecule has 2 aromatic heterocycles. The molecule has 1 fully saturated rings. The van der Waals surface area contributed by atoms with Crippen LogP contribution < -0.4 is 16.4 Å². The molecule has 0 unspecified atom stereocenters. The van der Waals surface area contributed by atoms with E-state index in [2.05, 4.69) is 21.7 Å². The smallest absolute Gasteiger partial charge is 0.251 e. The lowest BCUT2D eigenvalue weighted by Gasteiger charge is -2.28. The van der Waals surface area contributed by atoms with E-state index in [9.17, 15) is 4.79 Å². The molecule has 3 aromatic rings. The number of pyridine rings is 1. The maximum Gasteiger partial charge on any atom is 0.251 e. The van der Waals surface area contributed by atoms with E-state index in [4.69, 9.17) is 17.3 Å². The molecule has 1 amide bonds. The number of hydrogen-bond acceptors (Lipinski definition) is 5. The van der Waals surface area contributed by atoms with Gasteiger partial charge in [0, 0.05) is 34.6 Å². The molecule has 1 saturated heterocycles. The molecule has 5 nitrogen and oxygen atoms in total. The molecular weight excluding hydrogens is 344 g/mol. The number of amides is 1. The standard InChI is InChI=1S/C17H15ClN4OS/c18-10-3-1-9(2-4-10)14-5-12-15(24-14)13(16(19)23)8-21-17(12)22-11-6-20-7-11/h1-5,8,11,20H,6-7H2,(H2,19,23)(H,21,22). The Kier molecular flexibility index (Phi) is 3.88. The van der Waals surface area contributed by atoms with Crippen molar-refractivity contribution in [3.8, 4) is 10.4 Å². The summed E-state index contributed by atoms with van der Waals surface area (Å²) in [5.41, 5.74) is 7.02. The summed E-state index contributed by atoms with van der Waals surface area (Å²) in [7, 11) is 0. The summed E-state index contributed by atoms with van der Waals surface area (Å²) in [6.45, 7) is 1.82. The van der Waals surface area contributed by atoms with Gasteiger partial charge in [0.2, 0.25) is 0 Å². The highest BCUT2D eigenvalue weighted by atomic mass is 35.5. The molecule has 0 radical (unpaired) electrons. The molecule has 0 aliphatic carbocycles. The summed E-state index contributed by atoms with van der Waals surface area (Å²) >= 11 is 7.50. The Bertz CT molecular complexity index is 918. The molecule has 1 aromatic carbocycles. The van der Waals surface area contributed by atoms with Crippen molar-refractivity contribution in [2.75, 3.05) is 18.4 Å². The van der Waals surface area contributed by atoms with Crippen LogP contribution in [0, 0.1) is 0 Å². The quantitative estimate of drug-likeness (QED) is 0.669. The van der Waals surface area contributed by atoms with Gasteiger partial charge in [0.25, 0.3) is 5.91 Å². The van der Waals surface area contributed by atoms with Gasteiger partial charge in [0.1, 0.15) is 5.82 Å². The number of nitrogens with zero attached hydrogens (tertiary/aromatic N) is 1. The third-order valence-corrected chi connectivity index (χ3v) is 5.54. The highest BCUT2D eigenvalue weighted by Gasteiger charge is 2.21. The molecule has 0 bridgehead atoms. The highest BCUT2D eigenvalue weighted by molar-refractivity contribution is 7.22. The van der Waals surface area contributed by atoms with Crippen molar-refractivity contribution < 1.29 is 4.79 Å². The first-order valence-corrected chi connectivity index (χ1v) is 8.77. The minimum atomic E-state index is -0.464. The number of carbonyl (C=O) groups is 1. The van der Waals surface area contributed by atoms with Crippen LogP contribution in [-0.2, 0) is 0 Å². The molecule has 4 rings (SSSR count). The molecular formula is C17H15ClN4OS. The van der Waals surface area contributed by atoms with E-state index in [1.54, 1.807) is 6.20 Å². The van der Waals surface area contributed by atoms with Crippen LogP contribution >= 0.6 is 22.9 Å². The third-order valence-electron chi connectivity index (χ3n) is 4.07. The van der Waals surface area contributed by atoms with E-state index < -0.39 is 5.91 Å². The maximum atomic E-state index is 11.7. The lowest BCUT2D eigenvalue weighted by molar-refractivity contribution is 0.100. The first-order chi connectivity index (χ1) is 11.6. The average Bonchev–Trinajstić information content (AvgIpc) is 2.96. The Hall–Kier alpha value is -2.15. The highest BCUT2D eigenvalue weighted by Crippen LogP contribution is 2.38. The Labute approximate surface area is 147 Å². The SMILES string of the molecule is NC(=O)c1cnc(NC2CNC2)c2cc(-c3ccc(Cl)cc3)sc12. The summed E-state index contributed by atoms with van der Waals surface area (Å²) in [5.74, 6) is 0.326. The number of nitrogens with two attached hydrogens (primary N) is 1. The van der Waals surface area contributed by atoms with Crippen molar-refractivity contribution in [2.24, 2.45) is 5.73 Å². The van der Waals surface area contributed by atoms with Crippen molar-refractivity contribution >= 4 is 44.7 Å². The summed E-state index contributed by atoms with van der Waals surface area (Å²) in [4.78, 5) is 17.2. The monoisotopic (exact) mass is 358 g/mol. The Balaban J connectivity index is 1.84. The number of anilines is 1. The Morgan fingerprint density at radius 2 is 2.08 bits per heavy atom. The zero-order chi connectivity index (χ0) is 16.7. The second-order valence-corrected chi connectivity index (χ2v) is 7.23. The molecule has 0 saturated carbocycles. The summed E-state index contributed by atoms with van der Waals surface area (Å²) in [5, 5.41) is 8.26. The largest absolute Gasteiger partial charge is 0.366 e. The van der Waals surface area contributed by atoms with E-state index in [0.29, 0.717) is 16.6 Å². The van der Waals surface area contributed by atoms with Gasteiger partial charge in [-0.05, 0) is 23.8 Å². The first-order valence-electron chi connectivity index (χ1n) is 7.57. The molecule has 7 heteroatoms. The fourth-order valence-electron chi connectivity index (χ4n) is 2.66. The second-order valence-electron chi connectivity index (χ2n) is 5.74. The van der Waals surface area contributed by atoms with Gasteiger partial charge in [0.05, 0.1) is 16.3 Å². The zero-order valence-electron chi connectivity index (χ0n) is 12.7. The number of aromatic nitrogens is 1. The van der Waals surface area contributed by atoms with Gasteiger partial charge < -0.3 is 16.4 Å². The molecule has 1 aliphatic heterocycles. The normalized spacial score (nSPS) is 14.5. The number of fused-ring (bicyclic) bond motifs is 1. The molecule has 4 N–H and O–H groups in total. The fraction of sp³-hybridized carbons (Fsp3) is 0.176. The number of rotatable bonds is 4. The first kappa shape index (κ1) is 15.4. The average molecular weight is 359 g/mol. The molecule has 0 atom stereocenters. The van der Waals surface area contributed by atoms with E-state index in [1.807, 2.05) is 24.3 Å². The summed E-state index contributed by atoms with van der Waals surface area (Å²) in [6, 6.07) is 10.1. The van der Waals surface area contributed by atoms with E-state index in [0.717, 1.165) is 39.4 Å². The van der Waals surface area contributed by atoms with Crippen molar-refractivity contribution in [1.29, 1.82) is 0 Å². The second kappa shape index (κ2) is 6.05. The van der Waals surface area contributed by atoms with Gasteiger partial charge in [-0.25, -0.2) is 4.98 Å². The zero-order valence-corrected chi connectivity index (χ0v) is 14.2. The van der Waals surface area contributed by atoms with Gasteiger partial charge in [-0.1, -0.05) is 23.7 Å². The van der Waals surface area contributed by atoms with Gasteiger partial charge in [0.15, 0.2) is 0 Å². The topological polar surface area (TPSA) is 80.0 Å². The Morgan fingerprint density at radius 1 is 1.33 bits per heavy atom. The van der Waals surface area contributed by atoms with Gasteiger partial charge in [-0.3, -0.25) is 4.79 Å². The minimum Gasteiger partial charge on any atom is -0.366 e. The predicted octanol–water partition coefficient (Wildman–Crippen LogP) is 3.10. The fourth-order valence-corrected chi connectivity index (χ4v) is 3.96. The minimum absolute atomic E-state index is 0.360. The lowest BCUT2D eigenvalue weighted by Crippen LogP contribution is -2.51. The summed E-state index contributed by atoms with van der Waals surface area (Å²) < 4.78 is 0.859. The van der Waals surface area contributed by atoms with Crippen molar-refractivity contribution in [3.05, 3.63) is 47.1 Å². The lowest BCUT2D eigenvalue weighted by atomic mass is 10.1. The molecule has 0 spiro atoms. The van der Waals surface area contributed by atoms with E-state index in [1.165, 1.54) is 11.3 Å². The van der Waals surface area contributed by atoms with Crippen molar-refractivity contribution in [1.82, 2.24) is 10.3 Å². The Morgan fingerprint density at radius 3 is 2.71 bits per heavy atom. The van der Waals surface area contributed by atoms with E-state index >= 15 is 0 Å². The number of thiophene rings is 1. The predicted molar refractivity (Wildman–Crippen MR) is 98.9 cm³/mol. The molecule has 122 valence electrons.